The number of carbonyl (C=O) groups is 1. The van der Waals surface area contributed by atoms with Gasteiger partial charge in [-0.3, -0.25) is 10.0 Å². The predicted molar refractivity (Wildman–Crippen MR) is 136 cm³/mol. The molecule has 0 aliphatic carbocycles. The first-order valence-electron chi connectivity index (χ1n) is 9.87. The van der Waals surface area contributed by atoms with E-state index in [1.54, 1.807) is 63.2 Å². The summed E-state index contributed by atoms with van der Waals surface area (Å²) in [5.41, 5.74) is 6.96. The van der Waals surface area contributed by atoms with Crippen molar-refractivity contribution in [1.82, 2.24) is 0 Å². The molecule has 0 aromatic heterocycles. The summed E-state index contributed by atoms with van der Waals surface area (Å²) in [5, 5.41) is 2.68. The first-order chi connectivity index (χ1) is 15.4. The topological polar surface area (TPSA) is 111 Å². The Morgan fingerprint density at radius 2 is 1.58 bits per heavy atom. The Kier molecular flexibility index (Phi) is 7.61. The number of rotatable bonds is 6. The lowest BCUT2D eigenvalue weighted by Gasteiger charge is -2.19. The van der Waals surface area contributed by atoms with Gasteiger partial charge in [-0.1, -0.05) is 27.7 Å². The number of sulfonamides is 1. The maximum atomic E-state index is 12.7. The minimum absolute atomic E-state index is 0.0733. The molecule has 10 heteroatoms. The van der Waals surface area contributed by atoms with Gasteiger partial charge in [0.15, 0.2) is 0 Å². The zero-order chi connectivity index (χ0) is 24.2. The van der Waals surface area contributed by atoms with Gasteiger partial charge >= 0.3 is 6.09 Å². The normalized spacial score (nSPS) is 11.6. The molecule has 0 unspecified atom stereocenters. The first kappa shape index (κ1) is 24.9. The van der Waals surface area contributed by atoms with Gasteiger partial charge in [0.2, 0.25) is 0 Å². The highest BCUT2D eigenvalue weighted by molar-refractivity contribution is 9.10. The third-order valence-corrected chi connectivity index (χ3v) is 7.12. The molecule has 3 aromatic rings. The molecule has 0 heterocycles. The second-order valence-electron chi connectivity index (χ2n) is 8.07. The number of nitrogen functional groups attached to an aromatic ring is 1. The van der Waals surface area contributed by atoms with Gasteiger partial charge in [-0.2, -0.15) is 0 Å². The van der Waals surface area contributed by atoms with Crippen molar-refractivity contribution in [2.75, 3.05) is 15.8 Å². The Balaban J connectivity index is 1.67. The lowest BCUT2D eigenvalue weighted by atomic mass is 10.2. The molecule has 0 radical (unpaired) electrons. The standard InChI is InChI=1S/C23H24BrN3O4S2/c1-23(2,3)31-22(28)26-16-8-10-18(11-9-16)32-21-13-12-19(14-20(21)25)33(29,30)27-17-6-4-15(24)5-7-17/h4-14,27H,25H2,1-3H3,(H,26,28). The van der Waals surface area contributed by atoms with E-state index in [0.717, 1.165) is 9.37 Å². The number of ether oxygens (including phenoxy) is 1. The van der Waals surface area contributed by atoms with E-state index in [9.17, 15) is 13.2 Å². The molecule has 1 amide bonds. The van der Waals surface area contributed by atoms with Crippen molar-refractivity contribution in [3.8, 4) is 0 Å². The van der Waals surface area contributed by atoms with Crippen LogP contribution in [-0.2, 0) is 14.8 Å². The van der Waals surface area contributed by atoms with Crippen molar-refractivity contribution in [3.63, 3.8) is 0 Å². The monoisotopic (exact) mass is 549 g/mol. The number of nitrogens with two attached hydrogens (primary N) is 1. The van der Waals surface area contributed by atoms with Gasteiger partial charge in [-0.05, 0) is 87.5 Å². The highest BCUT2D eigenvalue weighted by Crippen LogP contribution is 2.34. The van der Waals surface area contributed by atoms with Crippen molar-refractivity contribution >= 4 is 60.9 Å². The van der Waals surface area contributed by atoms with Gasteiger partial charge in [-0.15, -0.1) is 0 Å². The van der Waals surface area contributed by atoms with Gasteiger partial charge in [0.25, 0.3) is 10.0 Å². The third kappa shape index (κ3) is 7.41. The molecule has 3 rings (SSSR count). The maximum Gasteiger partial charge on any atom is 0.412 e. The summed E-state index contributed by atoms with van der Waals surface area (Å²) in [4.78, 5) is 13.5. The van der Waals surface area contributed by atoms with Crippen LogP contribution >= 0.6 is 27.7 Å². The second-order valence-corrected chi connectivity index (χ2v) is 11.8. The number of amides is 1. The van der Waals surface area contributed by atoms with E-state index in [1.807, 2.05) is 12.1 Å². The fraction of sp³-hybridized carbons (Fsp3) is 0.174. The van der Waals surface area contributed by atoms with Gasteiger partial charge < -0.3 is 10.5 Å². The fourth-order valence-electron chi connectivity index (χ4n) is 2.67. The van der Waals surface area contributed by atoms with Crippen LogP contribution in [0, 0.1) is 0 Å². The highest BCUT2D eigenvalue weighted by atomic mass is 79.9. The molecule has 0 atom stereocenters. The number of hydrogen-bond donors (Lipinski definition) is 3. The molecule has 0 aliphatic rings. The van der Waals surface area contributed by atoms with Crippen molar-refractivity contribution in [3.05, 3.63) is 71.2 Å². The largest absolute Gasteiger partial charge is 0.444 e. The Morgan fingerprint density at radius 1 is 0.970 bits per heavy atom. The minimum atomic E-state index is -3.78. The molecule has 0 bridgehead atoms. The Hall–Kier alpha value is -2.69. The molecular weight excluding hydrogens is 526 g/mol. The Bertz CT molecular complexity index is 1240. The highest BCUT2D eigenvalue weighted by Gasteiger charge is 2.17. The van der Waals surface area contributed by atoms with E-state index < -0.39 is 21.7 Å². The molecule has 0 fully saturated rings. The van der Waals surface area contributed by atoms with E-state index in [-0.39, 0.29) is 4.90 Å². The molecule has 4 N–H and O–H groups in total. The zero-order valence-corrected chi connectivity index (χ0v) is 21.5. The zero-order valence-electron chi connectivity index (χ0n) is 18.3. The van der Waals surface area contributed by atoms with Crippen molar-refractivity contribution in [1.29, 1.82) is 0 Å². The van der Waals surface area contributed by atoms with Crippen molar-refractivity contribution in [2.45, 2.75) is 41.1 Å². The van der Waals surface area contributed by atoms with Crippen LogP contribution in [0.4, 0.5) is 21.9 Å². The van der Waals surface area contributed by atoms with Crippen LogP contribution < -0.4 is 15.8 Å². The predicted octanol–water partition coefficient (Wildman–Crippen LogP) is 6.33. The van der Waals surface area contributed by atoms with Crippen LogP contribution in [0.25, 0.3) is 0 Å². The van der Waals surface area contributed by atoms with E-state index >= 15 is 0 Å². The van der Waals surface area contributed by atoms with Crippen molar-refractivity contribution in [2.24, 2.45) is 0 Å². The SMILES string of the molecule is CC(C)(C)OC(=O)Nc1ccc(Sc2ccc(S(=O)(=O)Nc3ccc(Br)cc3)cc2N)cc1. The van der Waals surface area contributed by atoms with Crippen LogP contribution in [0.15, 0.2) is 85.9 Å². The fourth-order valence-corrected chi connectivity index (χ4v) is 4.87. The number of nitrogens with one attached hydrogen (secondary N) is 2. The first-order valence-corrected chi connectivity index (χ1v) is 13.0. The van der Waals surface area contributed by atoms with Gasteiger partial charge in [0, 0.05) is 31.3 Å². The molecule has 3 aromatic carbocycles. The molecule has 33 heavy (non-hydrogen) atoms. The molecule has 0 saturated heterocycles. The Labute approximate surface area is 206 Å². The van der Waals surface area contributed by atoms with Crippen LogP contribution in [0.3, 0.4) is 0 Å². The number of hydrogen-bond acceptors (Lipinski definition) is 6. The van der Waals surface area contributed by atoms with Gasteiger partial charge in [-0.25, -0.2) is 13.2 Å². The quantitative estimate of drug-likeness (QED) is 0.310. The summed E-state index contributed by atoms with van der Waals surface area (Å²) in [6.07, 6.45) is -0.527. The summed E-state index contributed by atoms with van der Waals surface area (Å²) in [6, 6.07) is 18.6. The summed E-state index contributed by atoms with van der Waals surface area (Å²) in [7, 11) is -3.78. The number of carbonyl (C=O) groups excluding carboxylic acids is 1. The molecule has 0 aliphatic heterocycles. The summed E-state index contributed by atoms with van der Waals surface area (Å²) >= 11 is 4.71. The molecule has 7 nitrogen and oxygen atoms in total. The molecule has 0 spiro atoms. The number of halogens is 1. The number of benzene rings is 3. The Morgan fingerprint density at radius 3 is 2.15 bits per heavy atom. The van der Waals surface area contributed by atoms with Crippen LogP contribution in [0.2, 0.25) is 0 Å². The molecule has 0 saturated carbocycles. The van der Waals surface area contributed by atoms with E-state index in [2.05, 4.69) is 26.0 Å². The third-order valence-electron chi connectivity index (χ3n) is 4.12. The minimum Gasteiger partial charge on any atom is -0.444 e. The van der Waals surface area contributed by atoms with E-state index in [1.165, 1.54) is 23.9 Å². The smallest absolute Gasteiger partial charge is 0.412 e. The maximum absolute atomic E-state index is 12.7. The van der Waals surface area contributed by atoms with Crippen molar-refractivity contribution < 1.29 is 17.9 Å². The van der Waals surface area contributed by atoms with Crippen LogP contribution in [0.1, 0.15) is 20.8 Å². The van der Waals surface area contributed by atoms with Crippen LogP contribution in [-0.4, -0.2) is 20.1 Å². The average Bonchev–Trinajstić information content (AvgIpc) is 2.71. The molecule has 174 valence electrons. The summed E-state index contributed by atoms with van der Waals surface area (Å²) in [5.74, 6) is 0. The average molecular weight is 551 g/mol. The van der Waals surface area contributed by atoms with E-state index in [4.69, 9.17) is 10.5 Å². The summed E-state index contributed by atoms with van der Waals surface area (Å²) < 4.78 is 34.0. The lowest BCUT2D eigenvalue weighted by Crippen LogP contribution is -2.27. The number of anilines is 3. The molecular formula is C23H24BrN3O4S2. The lowest BCUT2D eigenvalue weighted by molar-refractivity contribution is 0.0636. The van der Waals surface area contributed by atoms with E-state index in [0.29, 0.717) is 22.0 Å². The summed E-state index contributed by atoms with van der Waals surface area (Å²) in [6.45, 7) is 5.39. The van der Waals surface area contributed by atoms with Gasteiger partial charge in [0.05, 0.1) is 4.90 Å². The van der Waals surface area contributed by atoms with Gasteiger partial charge in [0.1, 0.15) is 5.60 Å². The van der Waals surface area contributed by atoms with Crippen LogP contribution in [0.5, 0.6) is 0 Å². The second kappa shape index (κ2) is 10.1.